The van der Waals surface area contributed by atoms with Gasteiger partial charge in [-0.05, 0) is 26.3 Å². The van der Waals surface area contributed by atoms with Crippen molar-refractivity contribution in [1.82, 2.24) is 10.2 Å². The Balaban J connectivity index is 1.56. The second-order valence-electron chi connectivity index (χ2n) is 7.83. The highest BCUT2D eigenvalue weighted by molar-refractivity contribution is 8.01. The van der Waals surface area contributed by atoms with Gasteiger partial charge in [0.25, 0.3) is 0 Å². The average Bonchev–Trinajstić information content (AvgIpc) is 3.02. The van der Waals surface area contributed by atoms with Crippen molar-refractivity contribution in [3.05, 3.63) is 35.9 Å². The van der Waals surface area contributed by atoms with Gasteiger partial charge in [0.1, 0.15) is 36.7 Å². The van der Waals surface area contributed by atoms with E-state index < -0.39 is 46.3 Å². The third-order valence-electron chi connectivity index (χ3n) is 5.21. The summed E-state index contributed by atoms with van der Waals surface area (Å²) in [6.45, 7) is 5.18. The van der Waals surface area contributed by atoms with E-state index in [1.54, 1.807) is 31.2 Å². The van der Waals surface area contributed by atoms with Gasteiger partial charge in [-0.2, -0.15) is 0 Å². The molecule has 3 rings (SSSR count). The SMILES string of the molecule is CCOC(=O)OCCOC(=O)[C@@H]1N2C(=O)[C@@H](NC(=O)C(N)c3ccccc3)[C@H]2SC1(C)C. The lowest BCUT2D eigenvalue weighted by Gasteiger charge is -2.44. The van der Waals surface area contributed by atoms with E-state index in [1.165, 1.54) is 16.7 Å². The normalized spacial score (nSPS) is 24.1. The van der Waals surface area contributed by atoms with Crippen LogP contribution in [-0.2, 0) is 28.6 Å². The molecule has 2 heterocycles. The number of esters is 1. The van der Waals surface area contributed by atoms with Crippen LogP contribution in [0.25, 0.3) is 0 Å². The number of β-lactam (4-membered cyclic amide) rings is 1. The molecular formula is C21H27N3O7S. The number of thioether (sulfide) groups is 1. The van der Waals surface area contributed by atoms with Crippen molar-refractivity contribution in [1.29, 1.82) is 0 Å². The number of nitrogens with two attached hydrogens (primary N) is 1. The van der Waals surface area contributed by atoms with Gasteiger partial charge < -0.3 is 30.2 Å². The molecule has 1 aromatic carbocycles. The van der Waals surface area contributed by atoms with Crippen LogP contribution in [0.2, 0.25) is 0 Å². The molecule has 2 aliphatic heterocycles. The Bertz CT molecular complexity index is 879. The quantitative estimate of drug-likeness (QED) is 0.326. The molecule has 1 aromatic rings. The van der Waals surface area contributed by atoms with Crippen molar-refractivity contribution in [2.45, 2.75) is 49.0 Å². The van der Waals surface area contributed by atoms with E-state index in [-0.39, 0.29) is 25.7 Å². The van der Waals surface area contributed by atoms with Crippen molar-refractivity contribution in [2.75, 3.05) is 19.8 Å². The van der Waals surface area contributed by atoms with Crippen LogP contribution in [0.5, 0.6) is 0 Å². The second kappa shape index (κ2) is 9.78. The number of amides is 2. The van der Waals surface area contributed by atoms with Crippen molar-refractivity contribution in [3.8, 4) is 0 Å². The Morgan fingerprint density at radius 2 is 1.81 bits per heavy atom. The summed E-state index contributed by atoms with van der Waals surface area (Å²) in [5.74, 6) is -1.43. The zero-order chi connectivity index (χ0) is 23.5. The minimum atomic E-state index is -0.905. The predicted octanol–water partition coefficient (Wildman–Crippen LogP) is 0.950. The lowest BCUT2D eigenvalue weighted by atomic mass is 9.95. The van der Waals surface area contributed by atoms with Gasteiger partial charge in [0.2, 0.25) is 11.8 Å². The predicted molar refractivity (Wildman–Crippen MR) is 115 cm³/mol. The van der Waals surface area contributed by atoms with E-state index in [1.807, 2.05) is 19.9 Å². The zero-order valence-corrected chi connectivity index (χ0v) is 18.9. The monoisotopic (exact) mass is 465 g/mol. The first-order chi connectivity index (χ1) is 15.2. The van der Waals surface area contributed by atoms with E-state index in [9.17, 15) is 19.2 Å². The van der Waals surface area contributed by atoms with Crippen molar-refractivity contribution >= 4 is 35.7 Å². The fourth-order valence-electron chi connectivity index (χ4n) is 3.69. The smallest absolute Gasteiger partial charge is 0.460 e. The molecule has 2 fully saturated rings. The van der Waals surface area contributed by atoms with Gasteiger partial charge in [0.15, 0.2) is 0 Å². The maximum Gasteiger partial charge on any atom is 0.508 e. The molecule has 0 bridgehead atoms. The van der Waals surface area contributed by atoms with Gasteiger partial charge in [0.05, 0.1) is 6.61 Å². The fourth-order valence-corrected chi connectivity index (χ4v) is 5.31. The Hall–Kier alpha value is -2.79. The molecule has 2 aliphatic rings. The minimum absolute atomic E-state index is 0.154. The lowest BCUT2D eigenvalue weighted by molar-refractivity contribution is -0.165. The van der Waals surface area contributed by atoms with Crippen molar-refractivity contribution in [2.24, 2.45) is 5.73 Å². The minimum Gasteiger partial charge on any atom is -0.460 e. The molecule has 1 unspecified atom stereocenters. The number of hydrogen-bond acceptors (Lipinski definition) is 9. The highest BCUT2D eigenvalue weighted by Gasteiger charge is 2.64. The molecule has 32 heavy (non-hydrogen) atoms. The molecule has 0 saturated carbocycles. The van der Waals surface area contributed by atoms with Crippen LogP contribution >= 0.6 is 11.8 Å². The van der Waals surface area contributed by atoms with Crippen LogP contribution in [0.3, 0.4) is 0 Å². The first kappa shape index (κ1) is 23.9. The average molecular weight is 466 g/mol. The lowest BCUT2D eigenvalue weighted by Crippen LogP contribution is -2.71. The Labute approximate surface area is 190 Å². The van der Waals surface area contributed by atoms with E-state index in [2.05, 4.69) is 10.1 Å². The second-order valence-corrected chi connectivity index (χ2v) is 9.60. The van der Waals surface area contributed by atoms with Crippen molar-refractivity contribution < 1.29 is 33.4 Å². The number of hydrogen-bond donors (Lipinski definition) is 2. The van der Waals surface area contributed by atoms with Crippen molar-refractivity contribution in [3.63, 3.8) is 0 Å². The zero-order valence-electron chi connectivity index (χ0n) is 18.1. The summed E-state index contributed by atoms with van der Waals surface area (Å²) in [5, 5.41) is 2.31. The van der Waals surface area contributed by atoms with Gasteiger partial charge in [-0.25, -0.2) is 9.59 Å². The summed E-state index contributed by atoms with van der Waals surface area (Å²) in [7, 11) is 0. The van der Waals surface area contributed by atoms with Crippen LogP contribution < -0.4 is 11.1 Å². The third-order valence-corrected chi connectivity index (χ3v) is 6.78. The standard InChI is InChI=1S/C21H27N3O7S/c1-4-29-20(28)31-11-10-30-19(27)15-21(2,3)32-18-14(17(26)24(15)18)23-16(25)13(22)12-8-6-5-7-9-12/h5-9,13-15,18H,4,10-11,22H2,1-3H3,(H,23,25)/t13?,14-,15+,18-/m1/s1. The number of nitrogens with zero attached hydrogens (tertiary/aromatic N) is 1. The molecule has 0 spiro atoms. The van der Waals surface area contributed by atoms with Gasteiger partial charge >= 0.3 is 12.1 Å². The van der Waals surface area contributed by atoms with E-state index in [4.69, 9.17) is 15.2 Å². The summed E-state index contributed by atoms with van der Waals surface area (Å²) in [6, 6.07) is 6.35. The summed E-state index contributed by atoms with van der Waals surface area (Å²) < 4.78 is 14.0. The van der Waals surface area contributed by atoms with Gasteiger partial charge in [-0.3, -0.25) is 9.59 Å². The molecule has 0 aliphatic carbocycles. The molecule has 10 nitrogen and oxygen atoms in total. The summed E-state index contributed by atoms with van der Waals surface area (Å²) in [6.07, 6.45) is -0.842. The molecule has 174 valence electrons. The number of nitrogens with one attached hydrogen (secondary N) is 1. The van der Waals surface area contributed by atoms with Crippen LogP contribution in [0.4, 0.5) is 4.79 Å². The number of benzene rings is 1. The van der Waals surface area contributed by atoms with Crippen LogP contribution in [0, 0.1) is 0 Å². The number of carbonyl (C=O) groups is 4. The molecule has 0 aromatic heterocycles. The highest BCUT2D eigenvalue weighted by Crippen LogP contribution is 2.51. The maximum absolute atomic E-state index is 12.8. The topological polar surface area (TPSA) is 137 Å². The Kier molecular flexibility index (Phi) is 7.29. The maximum atomic E-state index is 12.8. The third kappa shape index (κ3) is 4.83. The number of rotatable bonds is 8. The van der Waals surface area contributed by atoms with E-state index in [0.29, 0.717) is 5.56 Å². The number of ether oxygens (including phenoxy) is 3. The molecule has 4 atom stereocenters. The summed E-state index contributed by atoms with van der Waals surface area (Å²) in [4.78, 5) is 50.7. The summed E-state index contributed by atoms with van der Waals surface area (Å²) >= 11 is 1.41. The van der Waals surface area contributed by atoms with E-state index in [0.717, 1.165) is 0 Å². The first-order valence-corrected chi connectivity index (χ1v) is 11.1. The van der Waals surface area contributed by atoms with Gasteiger partial charge in [-0.15, -0.1) is 11.8 Å². The number of carbonyl (C=O) groups excluding carboxylic acids is 4. The Morgan fingerprint density at radius 1 is 1.16 bits per heavy atom. The van der Waals surface area contributed by atoms with Gasteiger partial charge in [0, 0.05) is 4.75 Å². The molecule has 0 radical (unpaired) electrons. The fraction of sp³-hybridized carbons (Fsp3) is 0.524. The molecule has 3 N–H and O–H groups in total. The van der Waals surface area contributed by atoms with Crippen LogP contribution in [0.15, 0.2) is 30.3 Å². The van der Waals surface area contributed by atoms with Crippen LogP contribution in [-0.4, -0.2) is 70.9 Å². The van der Waals surface area contributed by atoms with Crippen LogP contribution in [0.1, 0.15) is 32.4 Å². The van der Waals surface area contributed by atoms with E-state index >= 15 is 0 Å². The first-order valence-electron chi connectivity index (χ1n) is 10.2. The highest BCUT2D eigenvalue weighted by atomic mass is 32.2. The molecule has 2 saturated heterocycles. The largest absolute Gasteiger partial charge is 0.508 e. The molecule has 2 amide bonds. The summed E-state index contributed by atoms with van der Waals surface area (Å²) in [5.41, 5.74) is 6.66. The van der Waals surface area contributed by atoms with Gasteiger partial charge in [-0.1, -0.05) is 30.3 Å². The number of fused-ring (bicyclic) bond motifs is 1. The molecular weight excluding hydrogens is 438 g/mol. The Morgan fingerprint density at radius 3 is 2.47 bits per heavy atom. The molecule has 11 heteroatoms.